The number of carbonyl (C=O) groups excluding carboxylic acids is 1. The second-order valence-electron chi connectivity index (χ2n) is 4.96. The average Bonchev–Trinajstić information content (AvgIpc) is 2.89. The molecule has 4 heteroatoms. The molecular formula is C17H17N3O. The van der Waals surface area contributed by atoms with Crippen molar-refractivity contribution in [1.82, 2.24) is 14.9 Å². The summed E-state index contributed by atoms with van der Waals surface area (Å²) < 4.78 is 2.00. The average molecular weight is 279 g/mol. The van der Waals surface area contributed by atoms with Crippen LogP contribution in [0.25, 0.3) is 22.2 Å². The number of amides is 1. The molecule has 2 heterocycles. The normalized spacial score (nSPS) is 10.8. The smallest absolute Gasteiger partial charge is 0.251 e. The molecule has 1 amide bonds. The number of aromatic nitrogens is 2. The van der Waals surface area contributed by atoms with E-state index >= 15 is 0 Å². The minimum absolute atomic E-state index is 0.0383. The molecule has 0 saturated heterocycles. The lowest BCUT2D eigenvalue weighted by Crippen LogP contribution is -2.22. The van der Waals surface area contributed by atoms with Crippen LogP contribution in [0.2, 0.25) is 0 Å². The van der Waals surface area contributed by atoms with E-state index in [0.29, 0.717) is 12.1 Å². The Balaban J connectivity index is 2.01. The molecule has 3 aromatic rings. The van der Waals surface area contributed by atoms with Crippen LogP contribution in [0.5, 0.6) is 0 Å². The summed E-state index contributed by atoms with van der Waals surface area (Å²) in [5.41, 5.74) is 3.85. The monoisotopic (exact) mass is 279 g/mol. The molecule has 0 bridgehead atoms. The molecule has 21 heavy (non-hydrogen) atoms. The third-order valence-electron chi connectivity index (χ3n) is 3.56. The van der Waals surface area contributed by atoms with Gasteiger partial charge >= 0.3 is 0 Å². The lowest BCUT2D eigenvalue weighted by Gasteiger charge is -2.06. The van der Waals surface area contributed by atoms with E-state index in [1.807, 2.05) is 61.3 Å². The molecule has 0 fully saturated rings. The van der Waals surface area contributed by atoms with Crippen LogP contribution in [-0.4, -0.2) is 22.0 Å². The minimum Gasteiger partial charge on any atom is -0.352 e. The van der Waals surface area contributed by atoms with Crippen LogP contribution in [0.1, 0.15) is 17.3 Å². The lowest BCUT2D eigenvalue weighted by molar-refractivity contribution is 0.0956. The minimum atomic E-state index is -0.0383. The highest BCUT2D eigenvalue weighted by molar-refractivity contribution is 5.96. The predicted octanol–water partition coefficient (Wildman–Crippen LogP) is 2.99. The Morgan fingerprint density at radius 1 is 1.19 bits per heavy atom. The number of benzene rings is 1. The highest BCUT2D eigenvalue weighted by atomic mass is 16.1. The van der Waals surface area contributed by atoms with Gasteiger partial charge in [-0.1, -0.05) is 12.1 Å². The van der Waals surface area contributed by atoms with E-state index in [0.717, 1.165) is 22.2 Å². The van der Waals surface area contributed by atoms with Crippen LogP contribution < -0.4 is 5.32 Å². The predicted molar refractivity (Wildman–Crippen MR) is 84.2 cm³/mol. The molecule has 0 saturated carbocycles. The van der Waals surface area contributed by atoms with Crippen LogP contribution in [0.3, 0.4) is 0 Å². The largest absolute Gasteiger partial charge is 0.352 e. The molecule has 2 aromatic heterocycles. The van der Waals surface area contributed by atoms with E-state index in [2.05, 4.69) is 16.4 Å². The molecule has 0 radical (unpaired) electrons. The zero-order valence-electron chi connectivity index (χ0n) is 12.1. The van der Waals surface area contributed by atoms with Gasteiger partial charge < -0.3 is 9.88 Å². The van der Waals surface area contributed by atoms with Gasteiger partial charge in [0, 0.05) is 36.9 Å². The topological polar surface area (TPSA) is 46.9 Å². The van der Waals surface area contributed by atoms with Crippen molar-refractivity contribution < 1.29 is 4.79 Å². The van der Waals surface area contributed by atoms with Crippen LogP contribution in [0.4, 0.5) is 0 Å². The Hall–Kier alpha value is -2.62. The summed E-state index contributed by atoms with van der Waals surface area (Å²) in [6.07, 6.45) is 3.82. The molecule has 1 N–H and O–H groups in total. The first-order chi connectivity index (χ1) is 10.2. The van der Waals surface area contributed by atoms with E-state index in [1.54, 1.807) is 0 Å². The number of rotatable bonds is 3. The zero-order chi connectivity index (χ0) is 14.8. The number of carbonyl (C=O) groups is 1. The number of hydrogen-bond donors (Lipinski definition) is 1. The number of hydrogen-bond acceptors (Lipinski definition) is 2. The zero-order valence-corrected chi connectivity index (χ0v) is 12.1. The summed E-state index contributed by atoms with van der Waals surface area (Å²) in [6, 6.07) is 11.7. The first-order valence-electron chi connectivity index (χ1n) is 6.99. The number of fused-ring (bicyclic) bond motifs is 1. The van der Waals surface area contributed by atoms with Gasteiger partial charge in [-0.15, -0.1) is 0 Å². The number of aryl methyl sites for hydroxylation is 1. The quantitative estimate of drug-likeness (QED) is 0.801. The highest BCUT2D eigenvalue weighted by Gasteiger charge is 2.08. The molecule has 0 aliphatic carbocycles. The van der Waals surface area contributed by atoms with E-state index in [4.69, 9.17) is 0 Å². The second-order valence-corrected chi connectivity index (χ2v) is 4.96. The van der Waals surface area contributed by atoms with Crippen LogP contribution in [-0.2, 0) is 7.05 Å². The van der Waals surface area contributed by atoms with Gasteiger partial charge in [-0.25, -0.2) is 4.98 Å². The fraction of sp³-hybridized carbons (Fsp3) is 0.176. The summed E-state index contributed by atoms with van der Waals surface area (Å²) >= 11 is 0. The van der Waals surface area contributed by atoms with E-state index in [-0.39, 0.29) is 5.91 Å². The Bertz CT molecular complexity index is 787. The standard InChI is InChI=1S/C17H17N3O/c1-3-18-17(21)13-6-4-12(5-7-13)14-8-10-19-16-15(14)9-11-20(16)2/h4-11H,3H2,1-2H3,(H,18,21). The molecule has 4 nitrogen and oxygen atoms in total. The second kappa shape index (κ2) is 5.40. The van der Waals surface area contributed by atoms with Crippen molar-refractivity contribution in [3.05, 3.63) is 54.4 Å². The molecule has 0 unspecified atom stereocenters. The van der Waals surface area contributed by atoms with Crippen molar-refractivity contribution in [2.75, 3.05) is 6.54 Å². The van der Waals surface area contributed by atoms with Gasteiger partial charge in [-0.3, -0.25) is 4.79 Å². The van der Waals surface area contributed by atoms with Crippen LogP contribution in [0.15, 0.2) is 48.8 Å². The molecule has 0 aliphatic rings. The van der Waals surface area contributed by atoms with Crippen molar-refractivity contribution in [1.29, 1.82) is 0 Å². The van der Waals surface area contributed by atoms with Crippen LogP contribution >= 0.6 is 0 Å². The molecule has 0 aliphatic heterocycles. The third kappa shape index (κ3) is 2.40. The third-order valence-corrected chi connectivity index (χ3v) is 3.56. The summed E-state index contributed by atoms with van der Waals surface area (Å²) in [6.45, 7) is 2.55. The Kier molecular flexibility index (Phi) is 3.44. The first-order valence-corrected chi connectivity index (χ1v) is 6.99. The van der Waals surface area contributed by atoms with Gasteiger partial charge in [-0.2, -0.15) is 0 Å². The summed E-state index contributed by atoms with van der Waals surface area (Å²) in [5.74, 6) is -0.0383. The Labute approximate surface area is 123 Å². The Morgan fingerprint density at radius 2 is 1.95 bits per heavy atom. The van der Waals surface area contributed by atoms with Gasteiger partial charge in [0.25, 0.3) is 5.91 Å². The number of nitrogens with zero attached hydrogens (tertiary/aromatic N) is 2. The SMILES string of the molecule is CCNC(=O)c1ccc(-c2ccnc3c2ccn3C)cc1. The van der Waals surface area contributed by atoms with Crippen molar-refractivity contribution in [2.45, 2.75) is 6.92 Å². The summed E-state index contributed by atoms with van der Waals surface area (Å²) in [7, 11) is 1.98. The first kappa shape index (κ1) is 13.4. The molecule has 0 atom stereocenters. The van der Waals surface area contributed by atoms with E-state index in [9.17, 15) is 4.79 Å². The van der Waals surface area contributed by atoms with E-state index < -0.39 is 0 Å². The molecule has 106 valence electrons. The van der Waals surface area contributed by atoms with Crippen molar-refractivity contribution in [2.24, 2.45) is 7.05 Å². The maximum absolute atomic E-state index is 11.8. The van der Waals surface area contributed by atoms with Crippen LogP contribution in [0, 0.1) is 0 Å². The lowest BCUT2D eigenvalue weighted by atomic mass is 10.0. The van der Waals surface area contributed by atoms with Gasteiger partial charge in [0.05, 0.1) is 0 Å². The van der Waals surface area contributed by atoms with Gasteiger partial charge in [0.1, 0.15) is 5.65 Å². The van der Waals surface area contributed by atoms with E-state index in [1.165, 1.54) is 0 Å². The van der Waals surface area contributed by atoms with Gasteiger partial charge in [-0.05, 0) is 42.3 Å². The highest BCUT2D eigenvalue weighted by Crippen LogP contribution is 2.27. The fourth-order valence-electron chi connectivity index (χ4n) is 2.48. The fourth-order valence-corrected chi connectivity index (χ4v) is 2.48. The van der Waals surface area contributed by atoms with Crippen molar-refractivity contribution in [3.63, 3.8) is 0 Å². The van der Waals surface area contributed by atoms with Crippen molar-refractivity contribution >= 4 is 16.9 Å². The Morgan fingerprint density at radius 3 is 2.67 bits per heavy atom. The van der Waals surface area contributed by atoms with Crippen molar-refractivity contribution in [3.8, 4) is 11.1 Å². The number of nitrogens with one attached hydrogen (secondary N) is 1. The molecule has 0 spiro atoms. The number of pyridine rings is 1. The molecular weight excluding hydrogens is 262 g/mol. The molecule has 3 rings (SSSR count). The summed E-state index contributed by atoms with van der Waals surface area (Å²) in [4.78, 5) is 16.2. The molecule has 1 aromatic carbocycles. The van der Waals surface area contributed by atoms with Gasteiger partial charge in [0.15, 0.2) is 0 Å². The maximum atomic E-state index is 11.8. The van der Waals surface area contributed by atoms with Gasteiger partial charge in [0.2, 0.25) is 0 Å². The maximum Gasteiger partial charge on any atom is 0.251 e. The summed E-state index contributed by atoms with van der Waals surface area (Å²) in [5, 5.41) is 3.92.